The molecule has 1 amide bonds. The van der Waals surface area contributed by atoms with Crippen LogP contribution in [0.3, 0.4) is 0 Å². The van der Waals surface area contributed by atoms with Crippen LogP contribution >= 0.6 is 0 Å². The molecule has 0 bridgehead atoms. The van der Waals surface area contributed by atoms with Gasteiger partial charge in [0, 0.05) is 13.1 Å². The van der Waals surface area contributed by atoms with Crippen LogP contribution in [0.25, 0.3) is 0 Å². The van der Waals surface area contributed by atoms with Crippen LogP contribution < -0.4 is 0 Å². The highest BCUT2D eigenvalue weighted by molar-refractivity contribution is 7.91. The molecule has 6 heteroatoms. The topological polar surface area (TPSA) is 78.2 Å². The SMILES string of the molecule is CCN(CC(C)C#N)C(=O)c1ccccc1S(=O)(=O)CC. The molecule has 5 nitrogen and oxygen atoms in total. The van der Waals surface area contributed by atoms with Crippen molar-refractivity contribution in [3.8, 4) is 6.07 Å². The van der Waals surface area contributed by atoms with Gasteiger partial charge >= 0.3 is 0 Å². The molecule has 1 rings (SSSR count). The van der Waals surface area contributed by atoms with Gasteiger partial charge in [-0.05, 0) is 26.0 Å². The van der Waals surface area contributed by atoms with Crippen LogP contribution in [-0.4, -0.2) is 38.1 Å². The molecule has 0 aliphatic heterocycles. The van der Waals surface area contributed by atoms with Crippen LogP contribution in [0.15, 0.2) is 29.2 Å². The van der Waals surface area contributed by atoms with E-state index in [1.165, 1.54) is 17.0 Å². The Morgan fingerprint density at radius 2 is 1.95 bits per heavy atom. The molecule has 0 aromatic heterocycles. The molecule has 0 fully saturated rings. The van der Waals surface area contributed by atoms with Gasteiger partial charge in [-0.25, -0.2) is 8.42 Å². The van der Waals surface area contributed by atoms with Crippen LogP contribution in [0.1, 0.15) is 31.1 Å². The van der Waals surface area contributed by atoms with E-state index in [1.54, 1.807) is 32.9 Å². The lowest BCUT2D eigenvalue weighted by Crippen LogP contribution is -2.35. The Balaban J connectivity index is 3.22. The minimum absolute atomic E-state index is 0.0561. The Labute approximate surface area is 126 Å². The van der Waals surface area contributed by atoms with E-state index in [4.69, 9.17) is 5.26 Å². The molecule has 0 spiro atoms. The van der Waals surface area contributed by atoms with E-state index in [1.807, 2.05) is 0 Å². The molecule has 1 aromatic rings. The van der Waals surface area contributed by atoms with Gasteiger partial charge in [-0.15, -0.1) is 0 Å². The number of carbonyl (C=O) groups excluding carboxylic acids is 1. The van der Waals surface area contributed by atoms with E-state index in [-0.39, 0.29) is 34.6 Å². The van der Waals surface area contributed by atoms with Crippen molar-refractivity contribution in [3.05, 3.63) is 29.8 Å². The lowest BCUT2D eigenvalue weighted by atomic mass is 10.1. The average molecular weight is 308 g/mol. The Kier molecular flexibility index (Phi) is 5.91. The molecule has 1 atom stereocenters. The second-order valence-corrected chi connectivity index (χ2v) is 7.02. The number of nitrogens with zero attached hydrogens (tertiary/aromatic N) is 2. The number of sulfone groups is 1. The molecule has 1 aromatic carbocycles. The van der Waals surface area contributed by atoms with Crippen molar-refractivity contribution in [2.45, 2.75) is 25.7 Å². The van der Waals surface area contributed by atoms with E-state index in [2.05, 4.69) is 6.07 Å². The largest absolute Gasteiger partial charge is 0.338 e. The number of carbonyl (C=O) groups is 1. The average Bonchev–Trinajstić information content (AvgIpc) is 2.51. The normalized spacial score (nSPS) is 12.5. The summed E-state index contributed by atoms with van der Waals surface area (Å²) in [6, 6.07) is 8.30. The highest BCUT2D eigenvalue weighted by atomic mass is 32.2. The predicted molar refractivity (Wildman–Crippen MR) is 80.5 cm³/mol. The van der Waals surface area contributed by atoms with Crippen molar-refractivity contribution in [3.63, 3.8) is 0 Å². The van der Waals surface area contributed by atoms with Crippen molar-refractivity contribution in [2.75, 3.05) is 18.8 Å². The van der Waals surface area contributed by atoms with Gasteiger partial charge in [0.15, 0.2) is 9.84 Å². The predicted octanol–water partition coefficient (Wildman–Crippen LogP) is 2.10. The number of rotatable bonds is 6. The summed E-state index contributed by atoms with van der Waals surface area (Å²) in [6.45, 7) is 5.78. The third-order valence-corrected chi connectivity index (χ3v) is 5.00. The van der Waals surface area contributed by atoms with Gasteiger partial charge in [0.2, 0.25) is 0 Å². The van der Waals surface area contributed by atoms with Gasteiger partial charge in [0.05, 0.1) is 28.2 Å². The third-order valence-electron chi connectivity index (χ3n) is 3.22. The van der Waals surface area contributed by atoms with E-state index in [9.17, 15) is 13.2 Å². The maximum absolute atomic E-state index is 12.6. The van der Waals surface area contributed by atoms with E-state index in [0.717, 1.165) is 0 Å². The van der Waals surface area contributed by atoms with E-state index in [0.29, 0.717) is 6.54 Å². The van der Waals surface area contributed by atoms with Gasteiger partial charge in [0.1, 0.15) is 0 Å². The molecule has 0 aliphatic carbocycles. The Hall–Kier alpha value is -1.87. The van der Waals surface area contributed by atoms with Crippen LogP contribution in [0, 0.1) is 17.2 Å². The highest BCUT2D eigenvalue weighted by Crippen LogP contribution is 2.19. The van der Waals surface area contributed by atoms with Crippen LogP contribution in [0.2, 0.25) is 0 Å². The standard InChI is InChI=1S/C15H20N2O3S/c1-4-17(11-12(3)10-16)15(18)13-8-6-7-9-14(13)21(19,20)5-2/h6-9,12H,4-5,11H2,1-3H3. The smallest absolute Gasteiger partial charge is 0.255 e. The third kappa shape index (κ3) is 4.05. The van der Waals surface area contributed by atoms with Gasteiger partial charge < -0.3 is 4.90 Å². The lowest BCUT2D eigenvalue weighted by Gasteiger charge is -2.23. The second kappa shape index (κ2) is 7.23. The van der Waals surface area contributed by atoms with Crippen LogP contribution in [0.5, 0.6) is 0 Å². The second-order valence-electron chi connectivity index (χ2n) is 4.77. The molecule has 0 saturated heterocycles. The fraction of sp³-hybridized carbons (Fsp3) is 0.467. The van der Waals surface area contributed by atoms with E-state index < -0.39 is 9.84 Å². The van der Waals surface area contributed by atoms with Crippen molar-refractivity contribution >= 4 is 15.7 Å². The molecule has 0 N–H and O–H groups in total. The summed E-state index contributed by atoms with van der Waals surface area (Å²) in [5, 5.41) is 8.87. The number of hydrogen-bond donors (Lipinski definition) is 0. The number of benzene rings is 1. The zero-order chi connectivity index (χ0) is 16.0. The van der Waals surface area contributed by atoms with Gasteiger partial charge in [-0.2, -0.15) is 5.26 Å². The first-order chi connectivity index (χ1) is 9.87. The Morgan fingerprint density at radius 1 is 1.33 bits per heavy atom. The van der Waals surface area contributed by atoms with Crippen molar-refractivity contribution in [1.29, 1.82) is 5.26 Å². The number of amides is 1. The summed E-state index contributed by atoms with van der Waals surface area (Å²) >= 11 is 0. The molecule has 0 aliphatic rings. The van der Waals surface area contributed by atoms with Crippen molar-refractivity contribution in [1.82, 2.24) is 4.90 Å². The van der Waals surface area contributed by atoms with Gasteiger partial charge in [0.25, 0.3) is 5.91 Å². The molecule has 21 heavy (non-hydrogen) atoms. The summed E-state index contributed by atoms with van der Waals surface area (Å²) in [6.07, 6.45) is 0. The highest BCUT2D eigenvalue weighted by Gasteiger charge is 2.24. The first-order valence-electron chi connectivity index (χ1n) is 6.88. The minimum Gasteiger partial charge on any atom is -0.338 e. The Bertz CT molecular complexity index is 647. The summed E-state index contributed by atoms with van der Waals surface area (Å²) in [5.41, 5.74) is 0.173. The fourth-order valence-corrected chi connectivity index (χ4v) is 3.05. The Morgan fingerprint density at radius 3 is 2.48 bits per heavy atom. The zero-order valence-electron chi connectivity index (χ0n) is 12.5. The summed E-state index contributed by atoms with van der Waals surface area (Å²) < 4.78 is 24.2. The molecule has 1 unspecified atom stereocenters. The molecular weight excluding hydrogens is 288 g/mol. The maximum atomic E-state index is 12.6. The van der Waals surface area contributed by atoms with Crippen LogP contribution in [-0.2, 0) is 9.84 Å². The summed E-state index contributed by atoms with van der Waals surface area (Å²) in [5.74, 6) is -0.714. The van der Waals surface area contributed by atoms with E-state index >= 15 is 0 Å². The molecule has 0 saturated carbocycles. The van der Waals surface area contributed by atoms with Crippen molar-refractivity contribution < 1.29 is 13.2 Å². The summed E-state index contributed by atoms with van der Waals surface area (Å²) in [4.78, 5) is 14.1. The minimum atomic E-state index is -3.46. The molecule has 0 radical (unpaired) electrons. The first kappa shape index (κ1) is 17.2. The van der Waals surface area contributed by atoms with Crippen LogP contribution in [0.4, 0.5) is 0 Å². The monoisotopic (exact) mass is 308 g/mol. The lowest BCUT2D eigenvalue weighted by molar-refractivity contribution is 0.0749. The van der Waals surface area contributed by atoms with Gasteiger partial charge in [-0.3, -0.25) is 4.79 Å². The first-order valence-corrected chi connectivity index (χ1v) is 8.53. The molecule has 114 valence electrons. The summed E-state index contributed by atoms with van der Waals surface area (Å²) in [7, 11) is -3.46. The molecular formula is C15H20N2O3S. The number of hydrogen-bond acceptors (Lipinski definition) is 4. The van der Waals surface area contributed by atoms with Gasteiger partial charge in [-0.1, -0.05) is 19.1 Å². The van der Waals surface area contributed by atoms with Crippen molar-refractivity contribution in [2.24, 2.45) is 5.92 Å². The molecule has 0 heterocycles. The quantitative estimate of drug-likeness (QED) is 0.806. The number of nitriles is 1. The zero-order valence-corrected chi connectivity index (χ0v) is 13.4. The maximum Gasteiger partial charge on any atom is 0.255 e. The fourth-order valence-electron chi connectivity index (χ4n) is 1.97.